The number of aliphatic hydroxyl groups is 2. The van der Waals surface area contributed by atoms with Crippen LogP contribution in [0, 0.1) is 12.3 Å². The molecule has 2 heterocycles. The predicted molar refractivity (Wildman–Crippen MR) is 62.6 cm³/mol. The number of hydrogen-bond donors (Lipinski definition) is 3. The van der Waals surface area contributed by atoms with Crippen molar-refractivity contribution >= 4 is 5.82 Å². The molecule has 9 heteroatoms. The fraction of sp³-hybridized carbons (Fsp3) is 0.455. The summed E-state index contributed by atoms with van der Waals surface area (Å²) in [6, 6.07) is 1.11. The van der Waals surface area contributed by atoms with E-state index in [1.54, 1.807) is 5.92 Å². The Morgan fingerprint density at radius 2 is 2.30 bits per heavy atom. The standard InChI is InChI=1S/C11H11F2N3O4/c1-2-10(5-17)7(18)11(12,13)8(20-10)16-4-3-6(14)15-9(16)19/h1,3-4,7-8,17-18H,5H2,(H2,14,15,19)/t7?,8-,10-/m1/s1. The fourth-order valence-corrected chi connectivity index (χ4v) is 1.92. The van der Waals surface area contributed by atoms with E-state index in [1.165, 1.54) is 0 Å². The second-order valence-electron chi connectivity index (χ2n) is 4.28. The van der Waals surface area contributed by atoms with E-state index in [-0.39, 0.29) is 5.82 Å². The van der Waals surface area contributed by atoms with Gasteiger partial charge in [-0.15, -0.1) is 6.42 Å². The molecule has 0 aliphatic carbocycles. The summed E-state index contributed by atoms with van der Waals surface area (Å²) in [6.07, 6.45) is 1.32. The maximum absolute atomic E-state index is 14.0. The summed E-state index contributed by atoms with van der Waals surface area (Å²) in [5.41, 5.74) is 1.87. The van der Waals surface area contributed by atoms with Crippen LogP contribution in [0.4, 0.5) is 14.6 Å². The second-order valence-corrected chi connectivity index (χ2v) is 4.28. The summed E-state index contributed by atoms with van der Waals surface area (Å²) in [4.78, 5) is 14.9. The topological polar surface area (TPSA) is 111 Å². The maximum atomic E-state index is 14.0. The van der Waals surface area contributed by atoms with Crippen LogP contribution in [0.25, 0.3) is 0 Å². The minimum atomic E-state index is -3.89. The number of nitrogens with zero attached hydrogens (tertiary/aromatic N) is 2. The van der Waals surface area contributed by atoms with Crippen molar-refractivity contribution in [3.8, 4) is 12.3 Å². The Labute approximate surface area is 111 Å². The van der Waals surface area contributed by atoms with Crippen molar-refractivity contribution in [2.24, 2.45) is 0 Å². The summed E-state index contributed by atoms with van der Waals surface area (Å²) in [7, 11) is 0. The van der Waals surface area contributed by atoms with Gasteiger partial charge in [-0.05, 0) is 6.07 Å². The molecule has 0 bridgehead atoms. The Morgan fingerprint density at radius 3 is 2.75 bits per heavy atom. The van der Waals surface area contributed by atoms with Crippen molar-refractivity contribution < 1.29 is 23.7 Å². The predicted octanol–water partition coefficient (Wildman–Crippen LogP) is -1.29. The van der Waals surface area contributed by atoms with Crippen molar-refractivity contribution in [2.45, 2.75) is 23.9 Å². The summed E-state index contributed by atoms with van der Waals surface area (Å²) in [5.74, 6) is -2.25. The molecule has 0 spiro atoms. The van der Waals surface area contributed by atoms with E-state index in [4.69, 9.17) is 22.0 Å². The molecule has 108 valence electrons. The molecule has 3 atom stereocenters. The first-order valence-electron chi connectivity index (χ1n) is 5.45. The molecule has 1 fully saturated rings. The number of aliphatic hydroxyl groups excluding tert-OH is 2. The number of halogens is 2. The molecule has 1 aromatic rings. The van der Waals surface area contributed by atoms with Crippen LogP contribution in [-0.2, 0) is 4.74 Å². The number of ether oxygens (including phenoxy) is 1. The average Bonchev–Trinajstić information content (AvgIpc) is 2.60. The molecular formula is C11H11F2N3O4. The molecule has 1 aliphatic heterocycles. The highest BCUT2D eigenvalue weighted by atomic mass is 19.3. The SMILES string of the molecule is C#C[C@]1(CO)O[C@@H](n2ccc(N)nc2=O)C(F)(F)C1O. The van der Waals surface area contributed by atoms with Crippen LogP contribution in [0.1, 0.15) is 6.23 Å². The molecule has 1 aliphatic rings. The van der Waals surface area contributed by atoms with Crippen molar-refractivity contribution in [1.29, 1.82) is 0 Å². The lowest BCUT2D eigenvalue weighted by atomic mass is 9.96. The number of alkyl halides is 2. The van der Waals surface area contributed by atoms with E-state index in [9.17, 15) is 18.7 Å². The van der Waals surface area contributed by atoms with Crippen LogP contribution >= 0.6 is 0 Å². The molecule has 20 heavy (non-hydrogen) atoms. The summed E-state index contributed by atoms with van der Waals surface area (Å²) in [5, 5.41) is 18.7. The number of aromatic nitrogens is 2. The van der Waals surface area contributed by atoms with Crippen LogP contribution in [0.15, 0.2) is 17.1 Å². The minimum absolute atomic E-state index is 0.154. The molecule has 0 saturated carbocycles. The monoisotopic (exact) mass is 287 g/mol. The van der Waals surface area contributed by atoms with E-state index in [0.29, 0.717) is 4.57 Å². The molecular weight excluding hydrogens is 276 g/mol. The van der Waals surface area contributed by atoms with Crippen molar-refractivity contribution in [3.63, 3.8) is 0 Å². The zero-order valence-electron chi connectivity index (χ0n) is 10.0. The third kappa shape index (κ3) is 1.85. The van der Waals surface area contributed by atoms with Crippen LogP contribution in [0.2, 0.25) is 0 Å². The lowest BCUT2D eigenvalue weighted by molar-refractivity contribution is -0.142. The van der Waals surface area contributed by atoms with Gasteiger partial charge < -0.3 is 20.7 Å². The Kier molecular flexibility index (Phi) is 3.25. The minimum Gasteiger partial charge on any atom is -0.392 e. The first kappa shape index (κ1) is 14.4. The first-order valence-corrected chi connectivity index (χ1v) is 5.45. The molecule has 1 aromatic heterocycles. The van der Waals surface area contributed by atoms with Gasteiger partial charge in [-0.1, -0.05) is 5.92 Å². The Bertz CT molecular complexity index is 627. The Hall–Kier alpha value is -2.02. The van der Waals surface area contributed by atoms with Crippen molar-refractivity contribution in [1.82, 2.24) is 9.55 Å². The highest BCUT2D eigenvalue weighted by Crippen LogP contribution is 2.47. The average molecular weight is 287 g/mol. The van der Waals surface area contributed by atoms with Gasteiger partial charge in [0.25, 0.3) is 0 Å². The third-order valence-electron chi connectivity index (χ3n) is 3.04. The molecule has 4 N–H and O–H groups in total. The molecule has 0 aromatic carbocycles. The van der Waals surface area contributed by atoms with Crippen LogP contribution in [-0.4, -0.2) is 44.0 Å². The third-order valence-corrected chi connectivity index (χ3v) is 3.04. The van der Waals surface area contributed by atoms with Gasteiger partial charge in [0.2, 0.25) is 6.23 Å². The van der Waals surface area contributed by atoms with Gasteiger partial charge in [0.05, 0.1) is 6.61 Å². The maximum Gasteiger partial charge on any atom is 0.351 e. The van der Waals surface area contributed by atoms with Crippen molar-refractivity contribution in [2.75, 3.05) is 12.3 Å². The first-order chi connectivity index (χ1) is 9.28. The van der Waals surface area contributed by atoms with E-state index < -0.39 is 36.2 Å². The van der Waals surface area contributed by atoms with E-state index in [1.807, 2.05) is 0 Å². The number of anilines is 1. The Morgan fingerprint density at radius 1 is 1.65 bits per heavy atom. The molecule has 7 nitrogen and oxygen atoms in total. The Balaban J connectivity index is 2.53. The van der Waals surface area contributed by atoms with Crippen LogP contribution in [0.3, 0.4) is 0 Å². The number of nitrogen functional groups attached to an aromatic ring is 1. The second kappa shape index (κ2) is 4.52. The molecule has 1 unspecified atom stereocenters. The number of terminal acetylenes is 1. The molecule has 0 amide bonds. The zero-order valence-corrected chi connectivity index (χ0v) is 10.0. The van der Waals surface area contributed by atoms with E-state index >= 15 is 0 Å². The van der Waals surface area contributed by atoms with E-state index in [0.717, 1.165) is 12.3 Å². The van der Waals surface area contributed by atoms with Crippen LogP contribution in [0.5, 0.6) is 0 Å². The molecule has 0 radical (unpaired) electrons. The van der Waals surface area contributed by atoms with Gasteiger partial charge in [0.1, 0.15) is 5.82 Å². The summed E-state index contributed by atoms with van der Waals surface area (Å²) >= 11 is 0. The highest BCUT2D eigenvalue weighted by molar-refractivity contribution is 5.25. The van der Waals surface area contributed by atoms with Gasteiger partial charge in [-0.2, -0.15) is 13.8 Å². The normalized spacial score (nSPS) is 31.9. The van der Waals surface area contributed by atoms with Crippen LogP contribution < -0.4 is 11.4 Å². The number of rotatable bonds is 2. The van der Waals surface area contributed by atoms with Gasteiger partial charge >= 0.3 is 11.6 Å². The highest BCUT2D eigenvalue weighted by Gasteiger charge is 2.66. The largest absolute Gasteiger partial charge is 0.392 e. The van der Waals surface area contributed by atoms with Gasteiger partial charge in [0.15, 0.2) is 11.7 Å². The lowest BCUT2D eigenvalue weighted by Crippen LogP contribution is -2.48. The number of hydrogen-bond acceptors (Lipinski definition) is 6. The summed E-state index contributed by atoms with van der Waals surface area (Å²) < 4.78 is 33.4. The van der Waals surface area contributed by atoms with Gasteiger partial charge in [-0.3, -0.25) is 4.57 Å². The van der Waals surface area contributed by atoms with Crippen molar-refractivity contribution in [3.05, 3.63) is 22.7 Å². The van der Waals surface area contributed by atoms with Gasteiger partial charge in [-0.25, -0.2) is 4.79 Å². The fourth-order valence-electron chi connectivity index (χ4n) is 1.92. The molecule has 2 rings (SSSR count). The lowest BCUT2D eigenvalue weighted by Gasteiger charge is -2.23. The molecule has 1 saturated heterocycles. The smallest absolute Gasteiger partial charge is 0.351 e. The van der Waals surface area contributed by atoms with Gasteiger partial charge in [0, 0.05) is 6.20 Å². The number of nitrogens with two attached hydrogens (primary N) is 1. The summed E-state index contributed by atoms with van der Waals surface area (Å²) in [6.45, 7) is -1.03. The quantitative estimate of drug-likeness (QED) is 0.584. The van der Waals surface area contributed by atoms with E-state index in [2.05, 4.69) is 4.98 Å². The zero-order chi connectivity index (χ0) is 15.1.